The summed E-state index contributed by atoms with van der Waals surface area (Å²) in [5.41, 5.74) is 2.72. The molecule has 3 aromatic rings. The van der Waals surface area contributed by atoms with Crippen LogP contribution in [-0.4, -0.2) is 55.6 Å². The number of pyridine rings is 1. The molecule has 1 aliphatic heterocycles. The quantitative estimate of drug-likeness (QED) is 0.298. The topological polar surface area (TPSA) is 76.1 Å². The molecular weight excluding hydrogens is 485 g/mol. The summed E-state index contributed by atoms with van der Waals surface area (Å²) < 4.78 is 31.5. The van der Waals surface area contributed by atoms with Gasteiger partial charge >= 0.3 is 0 Å². The molecule has 1 aliphatic rings. The lowest BCUT2D eigenvalue weighted by Crippen LogP contribution is -2.43. The fourth-order valence-corrected chi connectivity index (χ4v) is 4.77. The number of nitrogens with zero attached hydrogens (tertiary/aromatic N) is 2. The number of hydrogen-bond acceptors (Lipinski definition) is 7. The van der Waals surface area contributed by atoms with Crippen LogP contribution in [0.2, 0.25) is 0 Å². The predicted octanol–water partition coefficient (Wildman–Crippen LogP) is 5.20. The van der Waals surface area contributed by atoms with E-state index in [1.54, 1.807) is 18.3 Å². The number of aliphatic hydroxyl groups is 1. The third-order valence-electron chi connectivity index (χ3n) is 6.55. The van der Waals surface area contributed by atoms with Gasteiger partial charge in [-0.15, -0.1) is 0 Å². The zero-order valence-corrected chi connectivity index (χ0v) is 22.3. The second-order valence-electron chi connectivity index (χ2n) is 9.23. The summed E-state index contributed by atoms with van der Waals surface area (Å²) in [4.78, 5) is 7.08. The van der Waals surface area contributed by atoms with Gasteiger partial charge in [0.2, 0.25) is 0 Å². The van der Waals surface area contributed by atoms with Gasteiger partial charge in [0.25, 0.3) is 0 Å². The second kappa shape index (κ2) is 14.0. The Bertz CT molecular complexity index is 1110. The molecule has 2 heterocycles. The van der Waals surface area contributed by atoms with Gasteiger partial charge in [0.15, 0.2) is 0 Å². The average molecular weight is 524 g/mol. The Hall–Kier alpha value is -3.36. The predicted molar refractivity (Wildman–Crippen MR) is 148 cm³/mol. The number of ether oxygens (including phenoxy) is 3. The number of piperidine rings is 1. The van der Waals surface area contributed by atoms with Gasteiger partial charge in [0, 0.05) is 25.6 Å². The molecule has 0 atom stereocenters. The molecular formula is C30H38FN3O4. The van der Waals surface area contributed by atoms with E-state index in [0.29, 0.717) is 56.1 Å². The molecule has 8 heteroatoms. The summed E-state index contributed by atoms with van der Waals surface area (Å²) in [7, 11) is 0. The van der Waals surface area contributed by atoms with Crippen molar-refractivity contribution < 1.29 is 23.7 Å². The first-order chi connectivity index (χ1) is 18.6. The van der Waals surface area contributed by atoms with Crippen LogP contribution < -0.4 is 24.4 Å². The molecule has 0 bridgehead atoms. The maximum absolute atomic E-state index is 13.7. The van der Waals surface area contributed by atoms with Gasteiger partial charge in [-0.05, 0) is 87.3 Å². The summed E-state index contributed by atoms with van der Waals surface area (Å²) in [6.07, 6.45) is 4.36. The summed E-state index contributed by atoms with van der Waals surface area (Å²) in [5, 5.41) is 12.5. The van der Waals surface area contributed by atoms with Crippen LogP contribution in [0.5, 0.6) is 17.2 Å². The average Bonchev–Trinajstić information content (AvgIpc) is 2.94. The minimum absolute atomic E-state index is 0.0996. The van der Waals surface area contributed by atoms with Gasteiger partial charge in [0.1, 0.15) is 28.9 Å². The van der Waals surface area contributed by atoms with Gasteiger partial charge in [-0.1, -0.05) is 12.1 Å². The van der Waals surface area contributed by atoms with Gasteiger partial charge in [-0.25, -0.2) is 9.37 Å². The van der Waals surface area contributed by atoms with Crippen molar-refractivity contribution in [3.8, 4) is 28.4 Å². The van der Waals surface area contributed by atoms with Crippen LogP contribution in [-0.2, 0) is 6.54 Å². The van der Waals surface area contributed by atoms with Crippen LogP contribution in [0.15, 0.2) is 54.7 Å². The first-order valence-electron chi connectivity index (χ1n) is 13.5. The molecule has 1 aromatic heterocycles. The zero-order valence-electron chi connectivity index (χ0n) is 22.3. The third kappa shape index (κ3) is 7.14. The molecule has 0 aliphatic carbocycles. The van der Waals surface area contributed by atoms with E-state index in [1.807, 2.05) is 26.0 Å². The van der Waals surface area contributed by atoms with Crippen molar-refractivity contribution in [1.82, 2.24) is 10.3 Å². The largest absolute Gasteiger partial charge is 0.493 e. The van der Waals surface area contributed by atoms with E-state index in [0.717, 1.165) is 48.4 Å². The SMILES string of the molecule is CCOc1cc(CN(c2ccc(OCCCO)cn2)C2CCNCC2)cc(OCC)c1-c1ccc(F)cc1. The van der Waals surface area contributed by atoms with Crippen LogP contribution in [0.1, 0.15) is 38.7 Å². The Morgan fingerprint density at radius 2 is 1.66 bits per heavy atom. The number of nitrogens with one attached hydrogen (secondary N) is 1. The molecule has 0 radical (unpaired) electrons. The van der Waals surface area contributed by atoms with Crippen molar-refractivity contribution >= 4 is 5.82 Å². The number of aromatic nitrogens is 1. The van der Waals surface area contributed by atoms with Crippen molar-refractivity contribution in [2.45, 2.75) is 45.7 Å². The number of aliphatic hydroxyl groups excluding tert-OH is 1. The van der Waals surface area contributed by atoms with Gasteiger partial charge in [-0.3, -0.25) is 0 Å². The second-order valence-corrected chi connectivity index (χ2v) is 9.23. The van der Waals surface area contributed by atoms with E-state index >= 15 is 0 Å². The molecule has 0 unspecified atom stereocenters. The highest BCUT2D eigenvalue weighted by molar-refractivity contribution is 5.77. The Balaban J connectivity index is 1.68. The Morgan fingerprint density at radius 3 is 2.24 bits per heavy atom. The molecule has 4 rings (SSSR count). The van der Waals surface area contributed by atoms with E-state index in [-0.39, 0.29) is 12.4 Å². The molecule has 0 spiro atoms. The van der Waals surface area contributed by atoms with E-state index in [4.69, 9.17) is 24.3 Å². The minimum Gasteiger partial charge on any atom is -0.493 e. The van der Waals surface area contributed by atoms with Crippen LogP contribution >= 0.6 is 0 Å². The number of benzene rings is 2. The maximum atomic E-state index is 13.7. The van der Waals surface area contributed by atoms with Crippen molar-refractivity contribution in [2.24, 2.45) is 0 Å². The monoisotopic (exact) mass is 523 g/mol. The number of rotatable bonds is 13. The van der Waals surface area contributed by atoms with Crippen molar-refractivity contribution in [3.63, 3.8) is 0 Å². The number of hydrogen-bond donors (Lipinski definition) is 2. The molecule has 2 N–H and O–H groups in total. The summed E-state index contributed by atoms with van der Waals surface area (Å²) >= 11 is 0. The minimum atomic E-state index is -0.281. The van der Waals surface area contributed by atoms with E-state index in [2.05, 4.69) is 22.3 Å². The Labute approximate surface area is 224 Å². The molecule has 7 nitrogen and oxygen atoms in total. The highest BCUT2D eigenvalue weighted by Gasteiger charge is 2.24. The first-order valence-corrected chi connectivity index (χ1v) is 13.5. The van der Waals surface area contributed by atoms with Crippen LogP contribution in [0.4, 0.5) is 10.2 Å². The number of anilines is 1. The van der Waals surface area contributed by atoms with Gasteiger partial charge < -0.3 is 29.5 Å². The normalized spacial score (nSPS) is 13.8. The van der Waals surface area contributed by atoms with E-state index in [9.17, 15) is 4.39 Å². The lowest BCUT2D eigenvalue weighted by atomic mass is 9.99. The Morgan fingerprint density at radius 1 is 0.974 bits per heavy atom. The van der Waals surface area contributed by atoms with E-state index in [1.165, 1.54) is 12.1 Å². The molecule has 38 heavy (non-hydrogen) atoms. The Kier molecular flexibility index (Phi) is 10.2. The molecule has 0 saturated carbocycles. The molecule has 0 amide bonds. The lowest BCUT2D eigenvalue weighted by Gasteiger charge is -2.36. The fraction of sp³-hybridized carbons (Fsp3) is 0.433. The molecule has 1 saturated heterocycles. The first kappa shape index (κ1) is 27.7. The van der Waals surface area contributed by atoms with Crippen molar-refractivity contribution in [2.75, 3.05) is 44.4 Å². The number of halogens is 1. The molecule has 204 valence electrons. The highest BCUT2D eigenvalue weighted by atomic mass is 19.1. The van der Waals surface area contributed by atoms with Crippen LogP contribution in [0, 0.1) is 5.82 Å². The van der Waals surface area contributed by atoms with Crippen LogP contribution in [0.3, 0.4) is 0 Å². The summed E-state index contributed by atoms with van der Waals surface area (Å²) in [6.45, 7) is 8.02. The third-order valence-corrected chi connectivity index (χ3v) is 6.55. The summed E-state index contributed by atoms with van der Waals surface area (Å²) in [6, 6.07) is 14.8. The zero-order chi connectivity index (χ0) is 26.7. The van der Waals surface area contributed by atoms with Crippen molar-refractivity contribution in [1.29, 1.82) is 0 Å². The highest BCUT2D eigenvalue weighted by Crippen LogP contribution is 2.41. The molecule has 2 aromatic carbocycles. The van der Waals surface area contributed by atoms with Crippen LogP contribution in [0.25, 0.3) is 11.1 Å². The summed E-state index contributed by atoms with van der Waals surface area (Å²) in [5.74, 6) is 2.71. The van der Waals surface area contributed by atoms with Crippen molar-refractivity contribution in [3.05, 3.63) is 66.1 Å². The van der Waals surface area contributed by atoms with Gasteiger partial charge in [0.05, 0.1) is 31.6 Å². The smallest absolute Gasteiger partial charge is 0.137 e. The lowest BCUT2D eigenvalue weighted by molar-refractivity contribution is 0.233. The molecule has 1 fully saturated rings. The van der Waals surface area contributed by atoms with E-state index < -0.39 is 0 Å². The standard InChI is InChI=1S/C30H38FN3O4/c1-3-36-27-18-22(19-28(37-4-2)30(27)23-6-8-24(31)9-7-23)21-34(25-12-14-32-15-13-25)29-11-10-26(20-33-29)38-17-5-16-35/h6-11,18-20,25,32,35H,3-5,12-17,21H2,1-2H3. The fourth-order valence-electron chi connectivity index (χ4n) is 4.77. The maximum Gasteiger partial charge on any atom is 0.137 e. The van der Waals surface area contributed by atoms with Gasteiger partial charge in [-0.2, -0.15) is 0 Å².